The van der Waals surface area contributed by atoms with Gasteiger partial charge in [0.1, 0.15) is 17.6 Å². The van der Waals surface area contributed by atoms with E-state index < -0.39 is 49.1 Å². The normalized spacial score (nSPS) is 11.8. The Hall–Kier alpha value is -4.26. The maximum Gasteiger partial charge on any atom is 0.491 e. The maximum absolute atomic E-state index is 12.6. The predicted octanol–water partition coefficient (Wildman–Crippen LogP) is 0.955. The summed E-state index contributed by atoms with van der Waals surface area (Å²) in [6.45, 7) is -1.71. The molecule has 10 nitrogen and oxygen atoms in total. The molecular weight excluding hydrogens is 463 g/mol. The van der Waals surface area contributed by atoms with Crippen LogP contribution in [0.1, 0.15) is 26.3 Å². The zero-order valence-corrected chi connectivity index (χ0v) is 17.2. The Balaban J connectivity index is 1.96. The smallest absolute Gasteiger partial charge is 0.482 e. The second-order valence-corrected chi connectivity index (χ2v) is 6.64. The number of ether oxygens (including phenoxy) is 2. The lowest BCUT2D eigenvalue weighted by molar-refractivity contribution is -0.202. The molecule has 180 valence electrons. The Morgan fingerprint density at radius 1 is 0.971 bits per heavy atom. The molecule has 0 aliphatic rings. The van der Waals surface area contributed by atoms with E-state index >= 15 is 0 Å². The highest BCUT2D eigenvalue weighted by Gasteiger charge is 2.42. The van der Waals surface area contributed by atoms with Crippen molar-refractivity contribution in [2.45, 2.75) is 12.2 Å². The summed E-state index contributed by atoms with van der Waals surface area (Å²) in [7, 11) is 0. The number of carbonyl (C=O) groups excluding carboxylic acids is 4. The number of amides is 1. The fourth-order valence-electron chi connectivity index (χ4n) is 2.49. The van der Waals surface area contributed by atoms with Gasteiger partial charge in [-0.2, -0.15) is 13.2 Å². The van der Waals surface area contributed by atoms with E-state index in [2.05, 4.69) is 10.1 Å². The molecule has 0 aliphatic heterocycles. The van der Waals surface area contributed by atoms with E-state index in [0.717, 1.165) is 0 Å². The van der Waals surface area contributed by atoms with Crippen molar-refractivity contribution in [3.63, 3.8) is 0 Å². The number of benzene rings is 2. The summed E-state index contributed by atoms with van der Waals surface area (Å²) in [5.41, 5.74) is 5.95. The minimum Gasteiger partial charge on any atom is -0.482 e. The number of amidine groups is 1. The van der Waals surface area contributed by atoms with Crippen LogP contribution in [0.25, 0.3) is 0 Å². The van der Waals surface area contributed by atoms with Gasteiger partial charge in [-0.25, -0.2) is 9.59 Å². The Morgan fingerprint density at radius 3 is 2.00 bits per heavy atom. The number of nitrogens with two attached hydrogens (primary N) is 1. The molecule has 0 heterocycles. The monoisotopic (exact) mass is 481 g/mol. The van der Waals surface area contributed by atoms with Crippen LogP contribution in [-0.4, -0.2) is 60.0 Å². The molecule has 1 amide bonds. The molecule has 1 atom stereocenters. The number of alkyl halides is 3. The van der Waals surface area contributed by atoms with Gasteiger partial charge in [0.05, 0.1) is 6.61 Å². The molecule has 0 bridgehead atoms. The summed E-state index contributed by atoms with van der Waals surface area (Å²) in [4.78, 5) is 46.8. The fraction of sp³-hybridized carbons (Fsp3) is 0.190. The minimum absolute atomic E-state index is 0.0249. The van der Waals surface area contributed by atoms with Crippen LogP contribution in [0.3, 0.4) is 0 Å². The van der Waals surface area contributed by atoms with Crippen molar-refractivity contribution in [3.8, 4) is 5.75 Å². The van der Waals surface area contributed by atoms with E-state index in [1.165, 1.54) is 48.5 Å². The third-order valence-electron chi connectivity index (χ3n) is 4.20. The van der Waals surface area contributed by atoms with Gasteiger partial charge >= 0.3 is 18.1 Å². The molecule has 0 saturated carbocycles. The third-order valence-corrected chi connectivity index (χ3v) is 4.20. The highest BCUT2D eigenvalue weighted by atomic mass is 19.4. The van der Waals surface area contributed by atoms with Crippen LogP contribution >= 0.6 is 0 Å². The van der Waals surface area contributed by atoms with Crippen molar-refractivity contribution in [3.05, 3.63) is 65.2 Å². The zero-order valence-electron chi connectivity index (χ0n) is 17.2. The van der Waals surface area contributed by atoms with Gasteiger partial charge in [-0.3, -0.25) is 15.0 Å². The summed E-state index contributed by atoms with van der Waals surface area (Å²) in [5, 5.41) is 19.2. The number of Topliss-reactive ketones (excluding diaryl/α,β-unsaturated/α-hetero) is 1. The largest absolute Gasteiger partial charge is 0.491 e. The predicted molar refractivity (Wildman–Crippen MR) is 109 cm³/mol. The van der Waals surface area contributed by atoms with Crippen molar-refractivity contribution in [1.82, 2.24) is 5.32 Å². The van der Waals surface area contributed by atoms with E-state index in [-0.39, 0.29) is 22.7 Å². The van der Waals surface area contributed by atoms with E-state index in [1.54, 1.807) is 0 Å². The van der Waals surface area contributed by atoms with Crippen LogP contribution in [0, 0.1) is 5.41 Å². The Kier molecular flexibility index (Phi) is 8.45. The van der Waals surface area contributed by atoms with Crippen molar-refractivity contribution >= 4 is 29.5 Å². The number of hydrogen-bond acceptors (Lipinski definition) is 8. The number of esters is 2. The van der Waals surface area contributed by atoms with Crippen LogP contribution in [0.4, 0.5) is 13.2 Å². The summed E-state index contributed by atoms with van der Waals surface area (Å²) >= 11 is 0. The van der Waals surface area contributed by atoms with Crippen molar-refractivity contribution in [1.29, 1.82) is 5.41 Å². The first-order valence-corrected chi connectivity index (χ1v) is 9.37. The highest BCUT2D eigenvalue weighted by molar-refractivity contribution is 6.05. The maximum atomic E-state index is 12.6. The standard InChI is InChI=1S/C21H18F3N3O7/c22-21(23,24)20(32)34-16(29)10-33-14-7-5-11(6-8-14)17(30)15(9-28)27-19(31)13-3-1-12(2-4-13)18(25)26/h1-8,15,28H,9-10H2,(H3,25,26)(H,27,31). The van der Waals surface area contributed by atoms with E-state index in [0.29, 0.717) is 5.56 Å². The van der Waals surface area contributed by atoms with Gasteiger partial charge in [-0.15, -0.1) is 0 Å². The molecule has 0 radical (unpaired) electrons. The minimum atomic E-state index is -5.33. The molecule has 13 heteroatoms. The van der Waals surface area contributed by atoms with Crippen LogP contribution in [0.2, 0.25) is 0 Å². The molecule has 1 unspecified atom stereocenters. The molecule has 34 heavy (non-hydrogen) atoms. The lowest BCUT2D eigenvalue weighted by atomic mass is 10.0. The lowest BCUT2D eigenvalue weighted by Gasteiger charge is -2.16. The van der Waals surface area contributed by atoms with E-state index in [9.17, 15) is 37.5 Å². The van der Waals surface area contributed by atoms with Gasteiger partial charge in [0.2, 0.25) is 0 Å². The van der Waals surface area contributed by atoms with E-state index in [4.69, 9.17) is 15.9 Å². The van der Waals surface area contributed by atoms with Crippen LogP contribution < -0.4 is 15.8 Å². The van der Waals surface area contributed by atoms with Crippen molar-refractivity contribution in [2.24, 2.45) is 5.73 Å². The molecule has 0 saturated heterocycles. The first kappa shape index (κ1) is 26.0. The molecule has 2 rings (SSSR count). The number of nitrogens with one attached hydrogen (secondary N) is 2. The number of rotatable bonds is 9. The number of carbonyl (C=O) groups is 4. The highest BCUT2D eigenvalue weighted by Crippen LogP contribution is 2.17. The number of hydrogen-bond donors (Lipinski definition) is 4. The van der Waals surface area contributed by atoms with Gasteiger partial charge in [0.25, 0.3) is 5.91 Å². The first-order valence-electron chi connectivity index (χ1n) is 9.37. The lowest BCUT2D eigenvalue weighted by Crippen LogP contribution is -2.43. The number of nitrogen functional groups attached to an aromatic ring is 1. The van der Waals surface area contributed by atoms with Crippen molar-refractivity contribution < 1.29 is 46.9 Å². The average molecular weight is 481 g/mol. The summed E-state index contributed by atoms with van der Waals surface area (Å²) in [6.07, 6.45) is -5.33. The van der Waals surface area contributed by atoms with Gasteiger partial charge in [0.15, 0.2) is 12.4 Å². The number of aliphatic hydroxyl groups is 1. The SMILES string of the molecule is N=C(N)c1ccc(C(=O)NC(CO)C(=O)c2ccc(OCC(=O)OC(=O)C(F)(F)F)cc2)cc1. The summed E-state index contributed by atoms with van der Waals surface area (Å²) < 4.78 is 44.6. The second kappa shape index (κ2) is 11.0. The fourth-order valence-corrected chi connectivity index (χ4v) is 2.49. The molecule has 5 N–H and O–H groups in total. The molecule has 2 aromatic rings. The second-order valence-electron chi connectivity index (χ2n) is 6.64. The van der Waals surface area contributed by atoms with Crippen molar-refractivity contribution in [2.75, 3.05) is 13.2 Å². The Bertz CT molecular complexity index is 1080. The Labute approximate surface area is 190 Å². The van der Waals surface area contributed by atoms with Gasteiger partial charge in [-0.05, 0) is 36.4 Å². The molecule has 2 aromatic carbocycles. The van der Waals surface area contributed by atoms with Crippen LogP contribution in [0.15, 0.2) is 48.5 Å². The quantitative estimate of drug-likeness (QED) is 0.135. The van der Waals surface area contributed by atoms with E-state index in [1.807, 2.05) is 0 Å². The van der Waals surface area contributed by atoms with Crippen LogP contribution in [-0.2, 0) is 14.3 Å². The van der Waals surface area contributed by atoms with Gasteiger partial charge in [-0.1, -0.05) is 12.1 Å². The molecule has 0 aliphatic carbocycles. The average Bonchev–Trinajstić information content (AvgIpc) is 2.80. The zero-order chi connectivity index (χ0) is 25.5. The molecule has 0 fully saturated rings. The number of aliphatic hydroxyl groups excluding tert-OH is 1. The summed E-state index contributed by atoms with van der Waals surface area (Å²) in [5.74, 6) is -5.76. The topological polar surface area (TPSA) is 169 Å². The van der Waals surface area contributed by atoms with Crippen LogP contribution in [0.5, 0.6) is 5.75 Å². The molecule has 0 aromatic heterocycles. The van der Waals surface area contributed by atoms with Gasteiger partial charge in [0, 0.05) is 16.7 Å². The molecular formula is C21H18F3N3O7. The summed E-state index contributed by atoms with van der Waals surface area (Å²) in [6, 6.07) is 9.28. The van der Waals surface area contributed by atoms with Gasteiger partial charge < -0.3 is 25.6 Å². The number of halogens is 3. The molecule has 0 spiro atoms. The third kappa shape index (κ3) is 7.13. The number of ketones is 1. The first-order chi connectivity index (χ1) is 15.9. The Morgan fingerprint density at radius 2 is 1.50 bits per heavy atom.